The molecule has 1 aliphatic rings. The second-order valence-corrected chi connectivity index (χ2v) is 5.81. The van der Waals surface area contributed by atoms with Gasteiger partial charge in [0.15, 0.2) is 0 Å². The minimum Gasteiger partial charge on any atom is -0.790 e. The SMILES string of the molecule is Cc1cn([C@H]2C[C@H](O)[C@@H](COP(=O)([O-])[O-])O2)c(=O)[nH]c1=O.[K+].[K+]. The second-order valence-electron chi connectivity index (χ2n) is 4.65. The number of aliphatic hydroxyl groups is 1. The molecule has 2 rings (SSSR count). The predicted molar refractivity (Wildman–Crippen MR) is 64.2 cm³/mol. The van der Waals surface area contributed by atoms with E-state index < -0.39 is 44.1 Å². The first-order valence-electron chi connectivity index (χ1n) is 5.99. The number of phosphoric acid groups is 1. The molecule has 1 aromatic rings. The second kappa shape index (κ2) is 10.4. The molecule has 0 bridgehead atoms. The Hall–Kier alpha value is 1.98. The van der Waals surface area contributed by atoms with Crippen LogP contribution in [0.4, 0.5) is 0 Å². The van der Waals surface area contributed by atoms with E-state index in [2.05, 4.69) is 9.51 Å². The van der Waals surface area contributed by atoms with Gasteiger partial charge in [0.05, 0.1) is 20.5 Å². The maximum absolute atomic E-state index is 11.7. The van der Waals surface area contributed by atoms with Crippen molar-refractivity contribution in [1.29, 1.82) is 0 Å². The van der Waals surface area contributed by atoms with Gasteiger partial charge in [0, 0.05) is 18.2 Å². The van der Waals surface area contributed by atoms with E-state index in [4.69, 9.17) is 4.74 Å². The van der Waals surface area contributed by atoms with Gasteiger partial charge in [0.1, 0.15) is 12.3 Å². The van der Waals surface area contributed by atoms with E-state index in [1.807, 2.05) is 0 Å². The number of rotatable bonds is 4. The number of H-pyrrole nitrogens is 1. The van der Waals surface area contributed by atoms with Crippen LogP contribution in [-0.4, -0.2) is 33.5 Å². The van der Waals surface area contributed by atoms with E-state index in [1.165, 1.54) is 13.1 Å². The molecule has 118 valence electrons. The summed E-state index contributed by atoms with van der Waals surface area (Å²) in [6.07, 6.45) is -1.81. The van der Waals surface area contributed by atoms with E-state index >= 15 is 0 Å². The van der Waals surface area contributed by atoms with Crippen LogP contribution in [0.2, 0.25) is 0 Å². The summed E-state index contributed by atoms with van der Waals surface area (Å²) in [6.45, 7) is 0.852. The Kier molecular flexibility index (Phi) is 11.2. The standard InChI is InChI=1S/C10H15N2O8P.2K/c1-5-3-12(10(15)11-9(5)14)8-2-6(13)7(20-8)4-19-21(16,17)18;;/h3,6-8,13H,2,4H2,1H3,(H,11,14,15)(H2,16,17,18);;/q;2*+1/p-2/t6-,7+,8+;;/m0../s1. The van der Waals surface area contributed by atoms with E-state index in [-0.39, 0.29) is 115 Å². The molecule has 23 heavy (non-hydrogen) atoms. The summed E-state index contributed by atoms with van der Waals surface area (Å²) in [6, 6.07) is 0. The molecule has 0 amide bonds. The molecular formula is C10H13K2N2O8P. The molecule has 1 saturated heterocycles. The summed E-state index contributed by atoms with van der Waals surface area (Å²) in [4.78, 5) is 45.8. The summed E-state index contributed by atoms with van der Waals surface area (Å²) >= 11 is 0. The summed E-state index contributed by atoms with van der Waals surface area (Å²) in [7, 11) is -5.17. The average molecular weight is 398 g/mol. The number of aryl methyl sites for hydroxylation is 1. The first-order valence-corrected chi connectivity index (χ1v) is 7.45. The third-order valence-electron chi connectivity index (χ3n) is 3.06. The molecule has 0 unspecified atom stereocenters. The Morgan fingerprint density at radius 2 is 2.09 bits per heavy atom. The molecule has 10 nitrogen and oxygen atoms in total. The van der Waals surface area contributed by atoms with Crippen LogP contribution in [0.25, 0.3) is 0 Å². The summed E-state index contributed by atoms with van der Waals surface area (Å²) < 4.78 is 20.8. The Morgan fingerprint density at radius 1 is 1.48 bits per heavy atom. The minimum atomic E-state index is -5.17. The van der Waals surface area contributed by atoms with Gasteiger partial charge in [-0.1, -0.05) is 0 Å². The van der Waals surface area contributed by atoms with E-state index in [0.29, 0.717) is 0 Å². The van der Waals surface area contributed by atoms with Crippen LogP contribution >= 0.6 is 7.82 Å². The molecule has 0 spiro atoms. The number of aromatic nitrogens is 2. The maximum atomic E-state index is 11.7. The molecular weight excluding hydrogens is 385 g/mol. The fraction of sp³-hybridized carbons (Fsp3) is 0.600. The molecule has 0 aliphatic carbocycles. The number of ether oxygens (including phenoxy) is 1. The van der Waals surface area contributed by atoms with Gasteiger partial charge in [-0.25, -0.2) is 4.79 Å². The Bertz CT molecular complexity index is 686. The van der Waals surface area contributed by atoms with Crippen molar-refractivity contribution in [3.63, 3.8) is 0 Å². The maximum Gasteiger partial charge on any atom is 1.00 e. The quantitative estimate of drug-likeness (QED) is 0.374. The van der Waals surface area contributed by atoms with Crippen LogP contribution in [0.5, 0.6) is 0 Å². The van der Waals surface area contributed by atoms with Gasteiger partial charge in [-0.05, 0) is 6.92 Å². The molecule has 3 atom stereocenters. The van der Waals surface area contributed by atoms with Crippen molar-refractivity contribution in [1.82, 2.24) is 9.55 Å². The minimum absolute atomic E-state index is 0. The summed E-state index contributed by atoms with van der Waals surface area (Å²) in [5.74, 6) is 0. The van der Waals surface area contributed by atoms with E-state index in [0.717, 1.165) is 4.57 Å². The fourth-order valence-corrected chi connectivity index (χ4v) is 2.33. The largest absolute Gasteiger partial charge is 1.00 e. The van der Waals surface area contributed by atoms with E-state index in [9.17, 15) is 29.0 Å². The van der Waals surface area contributed by atoms with Crippen LogP contribution in [0.1, 0.15) is 18.2 Å². The number of nitrogens with zero attached hydrogens (tertiary/aromatic N) is 1. The van der Waals surface area contributed by atoms with Gasteiger partial charge in [-0.2, -0.15) is 0 Å². The first kappa shape index (κ1) is 25.0. The van der Waals surface area contributed by atoms with Crippen molar-refractivity contribution < 1.29 is 131 Å². The third-order valence-corrected chi connectivity index (χ3v) is 3.52. The normalized spacial score (nSPS) is 23.9. The first-order chi connectivity index (χ1) is 9.67. The molecule has 2 N–H and O–H groups in total. The topological polar surface area (TPSA) is 157 Å². The fourth-order valence-electron chi connectivity index (χ4n) is 2.00. The van der Waals surface area contributed by atoms with Gasteiger partial charge in [-0.3, -0.25) is 14.3 Å². The number of aliphatic hydroxyl groups excluding tert-OH is 1. The van der Waals surface area contributed by atoms with E-state index in [1.54, 1.807) is 0 Å². The van der Waals surface area contributed by atoms with Crippen molar-refractivity contribution in [2.75, 3.05) is 6.61 Å². The zero-order chi connectivity index (χ0) is 15.8. The molecule has 0 radical (unpaired) electrons. The van der Waals surface area contributed by atoms with Crippen LogP contribution in [-0.2, 0) is 13.8 Å². The van der Waals surface area contributed by atoms with Crippen molar-refractivity contribution in [2.45, 2.75) is 31.8 Å². The molecule has 2 heterocycles. The predicted octanol–water partition coefficient (Wildman–Crippen LogP) is -8.65. The average Bonchev–Trinajstić information content (AvgIpc) is 2.72. The van der Waals surface area contributed by atoms with Crippen molar-refractivity contribution in [3.8, 4) is 0 Å². The van der Waals surface area contributed by atoms with Crippen molar-refractivity contribution in [3.05, 3.63) is 32.6 Å². The zero-order valence-corrected chi connectivity index (χ0v) is 20.1. The molecule has 13 heteroatoms. The number of hydrogen-bond acceptors (Lipinski definition) is 8. The summed E-state index contributed by atoms with van der Waals surface area (Å²) in [5, 5.41) is 9.75. The van der Waals surface area contributed by atoms with Gasteiger partial charge in [-0.15, -0.1) is 0 Å². The number of phosphoric ester groups is 1. The zero-order valence-electron chi connectivity index (χ0n) is 12.9. The Labute approximate surface area is 216 Å². The molecule has 0 aromatic carbocycles. The monoisotopic (exact) mass is 398 g/mol. The van der Waals surface area contributed by atoms with Crippen LogP contribution < -0.4 is 124 Å². The smallest absolute Gasteiger partial charge is 0.790 e. The van der Waals surface area contributed by atoms with Crippen LogP contribution in [0.15, 0.2) is 15.8 Å². The van der Waals surface area contributed by atoms with Crippen LogP contribution in [0.3, 0.4) is 0 Å². The Balaban J connectivity index is 0.00000242. The molecule has 1 fully saturated rings. The molecule has 0 saturated carbocycles. The summed E-state index contributed by atoms with van der Waals surface area (Å²) in [5.41, 5.74) is -0.980. The van der Waals surface area contributed by atoms with Crippen molar-refractivity contribution in [2.24, 2.45) is 0 Å². The van der Waals surface area contributed by atoms with Gasteiger partial charge in [0.25, 0.3) is 5.56 Å². The van der Waals surface area contributed by atoms with Gasteiger partial charge < -0.3 is 28.7 Å². The van der Waals surface area contributed by atoms with Crippen LogP contribution in [0, 0.1) is 6.92 Å². The Morgan fingerprint density at radius 3 is 2.65 bits per heavy atom. The molecule has 1 aliphatic heterocycles. The number of nitrogens with one attached hydrogen (secondary N) is 1. The van der Waals surface area contributed by atoms with Gasteiger partial charge >= 0.3 is 108 Å². The van der Waals surface area contributed by atoms with Gasteiger partial charge in [0.2, 0.25) is 0 Å². The molecule has 1 aromatic heterocycles. The third kappa shape index (κ3) is 7.25. The number of hydrogen-bond donors (Lipinski definition) is 2. The number of aromatic amines is 1. The van der Waals surface area contributed by atoms with Crippen molar-refractivity contribution >= 4 is 7.82 Å².